The van der Waals surface area contributed by atoms with Gasteiger partial charge >= 0.3 is 5.97 Å². The van der Waals surface area contributed by atoms with Crippen LogP contribution in [0.3, 0.4) is 0 Å². The van der Waals surface area contributed by atoms with Gasteiger partial charge in [-0.25, -0.2) is 4.79 Å². The van der Waals surface area contributed by atoms with E-state index in [9.17, 15) is 9.59 Å². The average molecular weight is 329 g/mol. The molecule has 120 valence electrons. The zero-order valence-corrected chi connectivity index (χ0v) is 13.6. The number of carbonyl (C=O) groups excluding carboxylic acids is 1. The van der Waals surface area contributed by atoms with E-state index in [4.69, 9.17) is 5.11 Å². The van der Waals surface area contributed by atoms with Crippen LogP contribution >= 0.6 is 11.3 Å². The fourth-order valence-electron chi connectivity index (χ4n) is 3.06. The minimum atomic E-state index is -0.897. The van der Waals surface area contributed by atoms with Crippen molar-refractivity contribution in [2.24, 2.45) is 5.92 Å². The number of hydrogen-bond donors (Lipinski definition) is 1. The third-order valence-corrected chi connectivity index (χ3v) is 5.12. The monoisotopic (exact) mass is 329 g/mol. The molecular weight excluding hydrogens is 310 g/mol. The summed E-state index contributed by atoms with van der Waals surface area (Å²) in [6.45, 7) is 1.56. The molecule has 23 heavy (non-hydrogen) atoms. The Labute approximate surface area is 139 Å². The van der Waals surface area contributed by atoms with Gasteiger partial charge < -0.3 is 10.0 Å². The number of carboxylic acids is 1. The largest absolute Gasteiger partial charge is 0.478 e. The summed E-state index contributed by atoms with van der Waals surface area (Å²) in [5, 5.41) is 11.0. The highest BCUT2D eigenvalue weighted by molar-refractivity contribution is 7.10. The molecule has 3 rings (SSSR count). The van der Waals surface area contributed by atoms with E-state index in [1.807, 2.05) is 28.5 Å². The lowest BCUT2D eigenvalue weighted by molar-refractivity contribution is -0.129. The van der Waals surface area contributed by atoms with E-state index in [0.717, 1.165) is 36.4 Å². The van der Waals surface area contributed by atoms with Crippen molar-refractivity contribution < 1.29 is 14.7 Å². The van der Waals surface area contributed by atoms with E-state index in [2.05, 4.69) is 0 Å². The summed E-state index contributed by atoms with van der Waals surface area (Å²) < 4.78 is 0. The Bertz CT molecular complexity index is 696. The molecule has 1 aromatic carbocycles. The molecule has 5 heteroatoms. The van der Waals surface area contributed by atoms with E-state index < -0.39 is 5.97 Å². The number of rotatable bonds is 5. The van der Waals surface area contributed by atoms with Crippen molar-refractivity contribution in [3.63, 3.8) is 0 Å². The van der Waals surface area contributed by atoms with Crippen LogP contribution in [0.5, 0.6) is 0 Å². The molecule has 1 N–H and O–H groups in total. The Kier molecular flexibility index (Phi) is 4.76. The van der Waals surface area contributed by atoms with Gasteiger partial charge in [0, 0.05) is 18.0 Å². The van der Waals surface area contributed by atoms with Crippen LogP contribution in [0, 0.1) is 5.92 Å². The fraction of sp³-hybridized carbons (Fsp3) is 0.333. The number of nitrogens with zero attached hydrogens (tertiary/aromatic N) is 1. The number of thiophene rings is 1. The number of likely N-dealkylation sites (tertiary alicyclic amines) is 1. The van der Waals surface area contributed by atoms with Crippen LogP contribution in [0.2, 0.25) is 0 Å². The Morgan fingerprint density at radius 1 is 1.26 bits per heavy atom. The van der Waals surface area contributed by atoms with Crippen molar-refractivity contribution in [1.29, 1.82) is 0 Å². The van der Waals surface area contributed by atoms with Crippen LogP contribution in [0.4, 0.5) is 0 Å². The standard InChI is InChI=1S/C18H19NO3S/c20-17(11-16-5-2-8-23-16)19-7-6-14(12-19)9-13-3-1-4-15(10-13)18(21)22/h1-5,8,10,14H,6-7,9,11-12H2,(H,21,22)/t14-/m1/s1. The first kappa shape index (κ1) is 15.7. The zero-order chi connectivity index (χ0) is 16.2. The lowest BCUT2D eigenvalue weighted by Crippen LogP contribution is -2.30. The van der Waals surface area contributed by atoms with Crippen LogP contribution in [0.15, 0.2) is 41.8 Å². The molecule has 2 heterocycles. The molecule has 2 aromatic rings. The highest BCUT2D eigenvalue weighted by Crippen LogP contribution is 2.22. The Hall–Kier alpha value is -2.14. The zero-order valence-electron chi connectivity index (χ0n) is 12.8. The maximum Gasteiger partial charge on any atom is 0.335 e. The van der Waals surface area contributed by atoms with E-state index >= 15 is 0 Å². The van der Waals surface area contributed by atoms with Gasteiger partial charge in [0.1, 0.15) is 0 Å². The second-order valence-electron chi connectivity index (χ2n) is 5.96. The summed E-state index contributed by atoms with van der Waals surface area (Å²) in [4.78, 5) is 26.4. The summed E-state index contributed by atoms with van der Waals surface area (Å²) in [5.74, 6) is -0.299. The number of benzene rings is 1. The summed E-state index contributed by atoms with van der Waals surface area (Å²) >= 11 is 1.61. The number of amides is 1. The van der Waals surface area contributed by atoms with Gasteiger partial charge in [0.25, 0.3) is 0 Å². The third-order valence-electron chi connectivity index (χ3n) is 4.24. The van der Waals surface area contributed by atoms with Crippen molar-refractivity contribution in [3.05, 3.63) is 57.8 Å². The van der Waals surface area contributed by atoms with Gasteiger partial charge in [-0.1, -0.05) is 18.2 Å². The third kappa shape index (κ3) is 3.99. The van der Waals surface area contributed by atoms with E-state index in [0.29, 0.717) is 17.9 Å². The molecule has 1 atom stereocenters. The molecule has 1 fully saturated rings. The van der Waals surface area contributed by atoms with Crippen LogP contribution in [-0.4, -0.2) is 35.0 Å². The Balaban J connectivity index is 1.56. The van der Waals surface area contributed by atoms with Gasteiger partial charge in [0.2, 0.25) is 5.91 Å². The molecule has 0 unspecified atom stereocenters. The number of carboxylic acid groups (broad SMARTS) is 1. The molecule has 0 bridgehead atoms. The van der Waals surface area contributed by atoms with Crippen LogP contribution in [0.25, 0.3) is 0 Å². The highest BCUT2D eigenvalue weighted by atomic mass is 32.1. The van der Waals surface area contributed by atoms with Crippen LogP contribution in [0.1, 0.15) is 27.2 Å². The molecule has 1 saturated heterocycles. The lowest BCUT2D eigenvalue weighted by atomic mass is 9.97. The Morgan fingerprint density at radius 3 is 2.87 bits per heavy atom. The molecule has 0 radical (unpaired) electrons. The van der Waals surface area contributed by atoms with E-state index in [1.54, 1.807) is 29.5 Å². The predicted molar refractivity (Wildman–Crippen MR) is 89.8 cm³/mol. The van der Waals surface area contributed by atoms with Gasteiger partial charge in [-0.05, 0) is 47.9 Å². The molecule has 1 amide bonds. The van der Waals surface area contributed by atoms with Crippen molar-refractivity contribution in [3.8, 4) is 0 Å². The molecule has 1 aromatic heterocycles. The molecule has 0 saturated carbocycles. The van der Waals surface area contributed by atoms with Crippen LogP contribution < -0.4 is 0 Å². The smallest absolute Gasteiger partial charge is 0.335 e. The highest BCUT2D eigenvalue weighted by Gasteiger charge is 2.26. The maximum absolute atomic E-state index is 12.3. The number of aromatic carboxylic acids is 1. The van der Waals surface area contributed by atoms with Gasteiger partial charge in [-0.3, -0.25) is 4.79 Å². The van der Waals surface area contributed by atoms with E-state index in [-0.39, 0.29) is 5.91 Å². The van der Waals surface area contributed by atoms with Gasteiger partial charge in [-0.15, -0.1) is 11.3 Å². The van der Waals surface area contributed by atoms with Crippen molar-refractivity contribution >= 4 is 23.2 Å². The SMILES string of the molecule is O=C(O)c1cccc(C[C@H]2CCN(C(=O)Cc3cccs3)C2)c1. The summed E-state index contributed by atoms with van der Waals surface area (Å²) in [5.41, 5.74) is 1.36. The second kappa shape index (κ2) is 6.96. The van der Waals surface area contributed by atoms with Gasteiger partial charge in [-0.2, -0.15) is 0 Å². The van der Waals surface area contributed by atoms with Gasteiger partial charge in [0.15, 0.2) is 0 Å². The quantitative estimate of drug-likeness (QED) is 0.917. The number of carbonyl (C=O) groups is 2. The van der Waals surface area contributed by atoms with E-state index in [1.165, 1.54) is 0 Å². The van der Waals surface area contributed by atoms with Crippen LogP contribution in [-0.2, 0) is 17.6 Å². The maximum atomic E-state index is 12.3. The minimum absolute atomic E-state index is 0.189. The summed E-state index contributed by atoms with van der Waals surface area (Å²) in [6.07, 6.45) is 2.29. The Morgan fingerprint density at radius 2 is 2.13 bits per heavy atom. The topological polar surface area (TPSA) is 57.6 Å². The molecular formula is C18H19NO3S. The average Bonchev–Trinajstić information content (AvgIpc) is 3.19. The summed E-state index contributed by atoms with van der Waals surface area (Å²) in [7, 11) is 0. The predicted octanol–water partition coefficient (Wildman–Crippen LogP) is 3.08. The first-order valence-electron chi connectivity index (χ1n) is 7.74. The second-order valence-corrected chi connectivity index (χ2v) is 6.99. The van der Waals surface area contributed by atoms with Crippen molar-refractivity contribution in [2.45, 2.75) is 19.3 Å². The first-order chi connectivity index (χ1) is 11.1. The molecule has 1 aliphatic heterocycles. The summed E-state index contributed by atoms with van der Waals surface area (Å²) in [6, 6.07) is 11.1. The minimum Gasteiger partial charge on any atom is -0.478 e. The van der Waals surface area contributed by atoms with Gasteiger partial charge in [0.05, 0.1) is 12.0 Å². The molecule has 1 aliphatic rings. The number of hydrogen-bond acceptors (Lipinski definition) is 3. The molecule has 0 aliphatic carbocycles. The van der Waals surface area contributed by atoms with Crippen molar-refractivity contribution in [1.82, 2.24) is 4.90 Å². The fourth-order valence-corrected chi connectivity index (χ4v) is 3.76. The van der Waals surface area contributed by atoms with Crippen molar-refractivity contribution in [2.75, 3.05) is 13.1 Å². The lowest BCUT2D eigenvalue weighted by Gasteiger charge is -2.16. The molecule has 0 spiro atoms. The normalized spacial score (nSPS) is 17.4. The first-order valence-corrected chi connectivity index (χ1v) is 8.62. The molecule has 4 nitrogen and oxygen atoms in total.